The van der Waals surface area contributed by atoms with Gasteiger partial charge >= 0.3 is 0 Å². The van der Waals surface area contributed by atoms with E-state index < -0.39 is 0 Å². The second kappa shape index (κ2) is 8.37. The summed E-state index contributed by atoms with van der Waals surface area (Å²) in [6, 6.07) is 15.5. The van der Waals surface area contributed by atoms with Gasteiger partial charge in [0, 0.05) is 41.1 Å². The van der Waals surface area contributed by atoms with E-state index in [1.165, 1.54) is 0 Å². The number of aryl methyl sites for hydroxylation is 2. The molecule has 0 fully saturated rings. The number of ether oxygens (including phenoxy) is 1. The Bertz CT molecular complexity index is 1690. The van der Waals surface area contributed by atoms with E-state index in [2.05, 4.69) is 21.0 Å². The van der Waals surface area contributed by atoms with Gasteiger partial charge in [0.25, 0.3) is 0 Å². The third-order valence-electron chi connectivity index (χ3n) is 5.66. The Morgan fingerprint density at radius 1 is 0.971 bits per heavy atom. The number of nitrogens with two attached hydrogens (primary N) is 1. The molecule has 6 rings (SSSR count). The number of nitrogen functional groups attached to an aromatic ring is 1. The van der Waals surface area contributed by atoms with E-state index in [1.54, 1.807) is 23.9 Å². The van der Waals surface area contributed by atoms with E-state index in [-0.39, 0.29) is 0 Å². The largest absolute Gasteiger partial charge is 0.457 e. The minimum Gasteiger partial charge on any atom is -0.457 e. The Morgan fingerprint density at radius 3 is 2.71 bits per heavy atom. The highest BCUT2D eigenvalue weighted by Crippen LogP contribution is 2.40. The zero-order chi connectivity index (χ0) is 23.9. The lowest BCUT2D eigenvalue weighted by Gasteiger charge is -2.23. The molecule has 0 atom stereocenters. The Kier molecular flexibility index (Phi) is 5.04. The molecule has 8 nitrogen and oxygen atoms in total. The zero-order valence-electron chi connectivity index (χ0n) is 19.1. The summed E-state index contributed by atoms with van der Waals surface area (Å²) in [4.78, 5) is 20.2. The molecule has 0 saturated heterocycles. The molecule has 0 aliphatic heterocycles. The van der Waals surface area contributed by atoms with Gasteiger partial charge in [-0.3, -0.25) is 4.90 Å². The van der Waals surface area contributed by atoms with Crippen molar-refractivity contribution in [3.05, 3.63) is 90.1 Å². The molecule has 0 bridgehead atoms. The Labute approximate surface area is 205 Å². The lowest BCUT2D eigenvalue weighted by atomic mass is 10.1. The van der Waals surface area contributed by atoms with Crippen molar-refractivity contribution in [1.82, 2.24) is 24.3 Å². The minimum absolute atomic E-state index is 0.651. The van der Waals surface area contributed by atoms with Crippen LogP contribution < -0.4 is 15.4 Å². The second-order valence-corrected chi connectivity index (χ2v) is 9.02. The Morgan fingerprint density at radius 2 is 1.89 bits per heavy atom. The van der Waals surface area contributed by atoms with Crippen molar-refractivity contribution in [3.63, 3.8) is 0 Å². The number of fused-ring (bicyclic) bond motifs is 2. The molecule has 0 radical (unpaired) electrons. The molecule has 0 amide bonds. The number of nitrogens with zero attached hydrogens (tertiary/aromatic N) is 6. The summed E-state index contributed by atoms with van der Waals surface area (Å²) >= 11 is 1.56. The van der Waals surface area contributed by atoms with Gasteiger partial charge in [-0.25, -0.2) is 19.9 Å². The van der Waals surface area contributed by atoms with Crippen molar-refractivity contribution in [2.45, 2.75) is 13.8 Å². The summed E-state index contributed by atoms with van der Waals surface area (Å²) in [5.74, 6) is 2.20. The third kappa shape index (κ3) is 3.91. The van der Waals surface area contributed by atoms with E-state index in [1.807, 2.05) is 83.4 Å². The smallest absolute Gasteiger partial charge is 0.195 e. The van der Waals surface area contributed by atoms with E-state index in [9.17, 15) is 0 Å². The van der Waals surface area contributed by atoms with Crippen molar-refractivity contribution in [2.75, 3.05) is 10.6 Å². The molecule has 0 aliphatic carbocycles. The van der Waals surface area contributed by atoms with Gasteiger partial charge in [-0.2, -0.15) is 0 Å². The number of benzene rings is 2. The topological polar surface area (TPSA) is 94.5 Å². The SMILES string of the molecule is Cc1csc(N(c2ccc(Oc3ccn4ccnc4c3)c(C)c2)c2ncnc3ccc(N)cc23)n1. The lowest BCUT2D eigenvalue weighted by Crippen LogP contribution is -2.12. The highest BCUT2D eigenvalue weighted by molar-refractivity contribution is 7.14. The van der Waals surface area contributed by atoms with Gasteiger partial charge in [-0.15, -0.1) is 11.3 Å². The van der Waals surface area contributed by atoms with Crippen LogP contribution >= 0.6 is 11.3 Å². The summed E-state index contributed by atoms with van der Waals surface area (Å²) < 4.78 is 8.14. The summed E-state index contributed by atoms with van der Waals surface area (Å²) in [5, 5.41) is 3.69. The summed E-state index contributed by atoms with van der Waals surface area (Å²) in [6.07, 6.45) is 7.16. The molecule has 6 aromatic rings. The fourth-order valence-electron chi connectivity index (χ4n) is 3.98. The zero-order valence-corrected chi connectivity index (χ0v) is 19.9. The molecule has 0 saturated carbocycles. The van der Waals surface area contributed by atoms with Crippen LogP contribution in [0, 0.1) is 13.8 Å². The molecule has 0 unspecified atom stereocenters. The predicted molar refractivity (Wildman–Crippen MR) is 139 cm³/mol. The first kappa shape index (κ1) is 21.1. The van der Waals surface area contributed by atoms with Gasteiger partial charge in [-0.1, -0.05) is 0 Å². The Hall–Kier alpha value is -4.50. The molecule has 0 aliphatic rings. The molecule has 172 valence electrons. The molecule has 4 aromatic heterocycles. The summed E-state index contributed by atoms with van der Waals surface area (Å²) in [5.41, 5.74) is 11.2. The van der Waals surface area contributed by atoms with Crippen LogP contribution in [0.15, 0.2) is 78.8 Å². The van der Waals surface area contributed by atoms with Gasteiger partial charge in [0.1, 0.15) is 23.5 Å². The molecule has 9 heteroatoms. The van der Waals surface area contributed by atoms with Crippen molar-refractivity contribution in [2.24, 2.45) is 0 Å². The fraction of sp³-hybridized carbons (Fsp3) is 0.0769. The van der Waals surface area contributed by atoms with Crippen LogP contribution in [0.1, 0.15) is 11.3 Å². The van der Waals surface area contributed by atoms with Crippen LogP contribution in [0.3, 0.4) is 0 Å². The monoisotopic (exact) mass is 479 g/mol. The maximum Gasteiger partial charge on any atom is 0.195 e. The van der Waals surface area contributed by atoms with Crippen molar-refractivity contribution < 1.29 is 4.74 Å². The minimum atomic E-state index is 0.651. The van der Waals surface area contributed by atoms with Gasteiger partial charge in [0.15, 0.2) is 10.9 Å². The van der Waals surface area contributed by atoms with Crippen LogP contribution in [0.2, 0.25) is 0 Å². The maximum absolute atomic E-state index is 6.20. The van der Waals surface area contributed by atoms with Crippen molar-refractivity contribution >= 4 is 50.2 Å². The molecule has 2 N–H and O–H groups in total. The first-order valence-electron chi connectivity index (χ1n) is 11.0. The molecule has 2 aromatic carbocycles. The number of hydrogen-bond donors (Lipinski definition) is 1. The van der Waals surface area contributed by atoms with Gasteiger partial charge in [0.2, 0.25) is 0 Å². The first-order valence-corrected chi connectivity index (χ1v) is 11.9. The average molecular weight is 480 g/mol. The average Bonchev–Trinajstić information content (AvgIpc) is 3.50. The van der Waals surface area contributed by atoms with Gasteiger partial charge < -0.3 is 14.9 Å². The quantitative estimate of drug-likeness (QED) is 0.294. The first-order chi connectivity index (χ1) is 17.0. The van der Waals surface area contributed by atoms with Crippen LogP contribution in [0.5, 0.6) is 11.5 Å². The van der Waals surface area contributed by atoms with E-state index >= 15 is 0 Å². The van der Waals surface area contributed by atoms with Crippen LogP contribution in [-0.4, -0.2) is 24.3 Å². The van der Waals surface area contributed by atoms with Crippen molar-refractivity contribution in [1.29, 1.82) is 0 Å². The number of imidazole rings is 1. The summed E-state index contributed by atoms with van der Waals surface area (Å²) in [7, 11) is 0. The molecule has 0 spiro atoms. The van der Waals surface area contributed by atoms with Gasteiger partial charge in [-0.05, 0) is 61.9 Å². The number of rotatable bonds is 5. The number of hydrogen-bond acceptors (Lipinski definition) is 8. The summed E-state index contributed by atoms with van der Waals surface area (Å²) in [6.45, 7) is 4.00. The molecular weight excluding hydrogens is 458 g/mol. The number of anilines is 4. The van der Waals surface area contributed by atoms with Crippen LogP contribution in [-0.2, 0) is 0 Å². The highest BCUT2D eigenvalue weighted by Gasteiger charge is 2.21. The van der Waals surface area contributed by atoms with E-state index in [4.69, 9.17) is 15.5 Å². The standard InChI is InChI=1S/C26H21N7OS/c1-16-11-19(4-6-23(16)34-20-7-9-32-10-8-28-24(32)13-20)33(26-31-17(2)14-35-26)25-21-12-18(27)3-5-22(21)29-15-30-25/h3-15H,27H2,1-2H3. The number of aromatic nitrogens is 5. The molecule has 4 heterocycles. The van der Waals surface area contributed by atoms with Gasteiger partial charge in [0.05, 0.1) is 16.9 Å². The Balaban J connectivity index is 1.43. The fourth-order valence-corrected chi connectivity index (χ4v) is 4.80. The normalized spacial score (nSPS) is 11.3. The molecular formula is C26H21N7OS. The van der Waals surface area contributed by atoms with Crippen molar-refractivity contribution in [3.8, 4) is 11.5 Å². The van der Waals surface area contributed by atoms with E-state index in [0.29, 0.717) is 5.69 Å². The third-order valence-corrected chi connectivity index (χ3v) is 6.61. The predicted octanol–water partition coefficient (Wildman–Crippen LogP) is 6.20. The lowest BCUT2D eigenvalue weighted by molar-refractivity contribution is 0.478. The molecule has 35 heavy (non-hydrogen) atoms. The van der Waals surface area contributed by atoms with Crippen LogP contribution in [0.25, 0.3) is 16.6 Å². The number of pyridine rings is 1. The maximum atomic E-state index is 6.20. The highest BCUT2D eigenvalue weighted by atomic mass is 32.1. The van der Waals surface area contributed by atoms with Crippen LogP contribution in [0.4, 0.5) is 22.3 Å². The number of thiazole rings is 1. The second-order valence-electron chi connectivity index (χ2n) is 8.19. The van der Waals surface area contributed by atoms with E-state index in [0.717, 1.165) is 55.9 Å².